The molecule has 0 spiro atoms. The van der Waals surface area contributed by atoms with Gasteiger partial charge in [-0.2, -0.15) is 0 Å². The van der Waals surface area contributed by atoms with Gasteiger partial charge in [-0.05, 0) is 31.2 Å². The number of aromatic nitrogens is 3. The molecule has 19 heavy (non-hydrogen) atoms. The Morgan fingerprint density at radius 3 is 2.74 bits per heavy atom. The summed E-state index contributed by atoms with van der Waals surface area (Å²) in [4.78, 5) is 0. The lowest BCUT2D eigenvalue weighted by Crippen LogP contribution is -2.53. The average Bonchev–Trinajstić information content (AvgIpc) is 2.82. The van der Waals surface area contributed by atoms with Crippen molar-refractivity contribution in [2.24, 2.45) is 0 Å². The van der Waals surface area contributed by atoms with Crippen molar-refractivity contribution in [2.45, 2.75) is 18.1 Å². The van der Waals surface area contributed by atoms with E-state index in [2.05, 4.69) is 21.4 Å². The van der Waals surface area contributed by atoms with E-state index in [1.54, 1.807) is 12.1 Å². The molecule has 98 valence electrons. The van der Waals surface area contributed by atoms with E-state index < -0.39 is 0 Å². The Morgan fingerprint density at radius 2 is 2.05 bits per heavy atom. The zero-order valence-electron chi connectivity index (χ0n) is 10.3. The molecule has 0 radical (unpaired) electrons. The molecule has 2 aromatic rings. The SMILES string of the molecule is C[C@H]([NH3+])c1nnc2n1NC(c1ccc(F)cc1)=CS2. The van der Waals surface area contributed by atoms with Crippen molar-refractivity contribution in [3.05, 3.63) is 46.9 Å². The second kappa shape index (κ2) is 4.67. The van der Waals surface area contributed by atoms with Gasteiger partial charge < -0.3 is 5.73 Å². The highest BCUT2D eigenvalue weighted by Crippen LogP contribution is 2.29. The summed E-state index contributed by atoms with van der Waals surface area (Å²) < 4.78 is 14.8. The average molecular weight is 278 g/mol. The van der Waals surface area contributed by atoms with E-state index in [1.165, 1.54) is 23.9 Å². The van der Waals surface area contributed by atoms with Crippen molar-refractivity contribution in [3.63, 3.8) is 0 Å². The molecule has 0 bridgehead atoms. The summed E-state index contributed by atoms with van der Waals surface area (Å²) in [5, 5.41) is 10.9. The van der Waals surface area contributed by atoms with Crippen LogP contribution in [0, 0.1) is 5.82 Å². The van der Waals surface area contributed by atoms with E-state index in [0.717, 1.165) is 22.2 Å². The van der Waals surface area contributed by atoms with Crippen LogP contribution in [0.5, 0.6) is 0 Å². The lowest BCUT2D eigenvalue weighted by Gasteiger charge is -2.19. The van der Waals surface area contributed by atoms with Crippen LogP contribution in [-0.2, 0) is 0 Å². The Morgan fingerprint density at radius 1 is 1.32 bits per heavy atom. The van der Waals surface area contributed by atoms with Crippen LogP contribution in [0.4, 0.5) is 4.39 Å². The van der Waals surface area contributed by atoms with Crippen LogP contribution >= 0.6 is 11.8 Å². The molecule has 1 aliphatic heterocycles. The maximum atomic E-state index is 12.9. The molecule has 7 heteroatoms. The standard InChI is InChI=1S/C12H12FN5S/c1-7(14)11-15-16-12-18(11)17-10(6-19-12)8-2-4-9(13)5-3-8/h2-7,17H,14H2,1H3/p+1/t7-/m0/s1. The van der Waals surface area contributed by atoms with Crippen molar-refractivity contribution >= 4 is 17.5 Å². The molecule has 0 fully saturated rings. The molecule has 5 nitrogen and oxygen atoms in total. The van der Waals surface area contributed by atoms with E-state index in [0.29, 0.717) is 0 Å². The Kier molecular flexibility index (Phi) is 3.00. The zero-order chi connectivity index (χ0) is 13.4. The summed E-state index contributed by atoms with van der Waals surface area (Å²) >= 11 is 1.48. The van der Waals surface area contributed by atoms with Gasteiger partial charge in [-0.15, -0.1) is 10.2 Å². The van der Waals surface area contributed by atoms with Crippen LogP contribution in [-0.4, -0.2) is 14.9 Å². The third kappa shape index (κ3) is 2.22. The maximum Gasteiger partial charge on any atom is 0.214 e. The second-order valence-corrected chi connectivity index (χ2v) is 5.18. The van der Waals surface area contributed by atoms with E-state index in [4.69, 9.17) is 0 Å². The summed E-state index contributed by atoms with van der Waals surface area (Å²) in [6, 6.07) is 6.38. The number of quaternary nitrogens is 1. The first-order chi connectivity index (χ1) is 9.15. The summed E-state index contributed by atoms with van der Waals surface area (Å²) in [5.41, 5.74) is 8.99. The molecular formula is C12H13FN5S+. The van der Waals surface area contributed by atoms with Crippen LogP contribution in [0.3, 0.4) is 0 Å². The third-order valence-electron chi connectivity index (χ3n) is 2.77. The first kappa shape index (κ1) is 12.2. The molecular weight excluding hydrogens is 265 g/mol. The fraction of sp³-hybridized carbons (Fsp3) is 0.167. The van der Waals surface area contributed by atoms with Crippen molar-refractivity contribution in [1.29, 1.82) is 0 Å². The molecule has 0 aliphatic carbocycles. The molecule has 1 atom stereocenters. The monoisotopic (exact) mass is 278 g/mol. The Balaban J connectivity index is 1.93. The predicted octanol–water partition coefficient (Wildman–Crippen LogP) is 1.37. The lowest BCUT2D eigenvalue weighted by molar-refractivity contribution is -0.423. The molecule has 1 aromatic carbocycles. The molecule has 0 amide bonds. The van der Waals surface area contributed by atoms with Gasteiger partial charge in [-0.1, -0.05) is 11.8 Å². The van der Waals surface area contributed by atoms with E-state index in [1.807, 2.05) is 17.0 Å². The van der Waals surface area contributed by atoms with Gasteiger partial charge in [0.25, 0.3) is 0 Å². The van der Waals surface area contributed by atoms with Crippen LogP contribution in [0.1, 0.15) is 24.4 Å². The fourth-order valence-electron chi connectivity index (χ4n) is 1.80. The number of hydrogen-bond donors (Lipinski definition) is 2. The summed E-state index contributed by atoms with van der Waals surface area (Å²) in [6.45, 7) is 1.96. The van der Waals surface area contributed by atoms with E-state index in [9.17, 15) is 4.39 Å². The van der Waals surface area contributed by atoms with Crippen LogP contribution in [0.15, 0.2) is 34.8 Å². The highest BCUT2D eigenvalue weighted by molar-refractivity contribution is 8.02. The molecule has 4 N–H and O–H groups in total. The van der Waals surface area contributed by atoms with Gasteiger partial charge in [0, 0.05) is 11.0 Å². The smallest absolute Gasteiger partial charge is 0.214 e. The van der Waals surface area contributed by atoms with E-state index in [-0.39, 0.29) is 11.9 Å². The van der Waals surface area contributed by atoms with Crippen LogP contribution in [0.2, 0.25) is 0 Å². The number of rotatable bonds is 2. The van der Waals surface area contributed by atoms with E-state index >= 15 is 0 Å². The largest absolute Gasteiger partial charge is 0.349 e. The van der Waals surface area contributed by atoms with Crippen LogP contribution < -0.4 is 11.2 Å². The summed E-state index contributed by atoms with van der Waals surface area (Å²) in [6.07, 6.45) is 0. The van der Waals surface area contributed by atoms with Crippen molar-refractivity contribution in [1.82, 2.24) is 14.9 Å². The van der Waals surface area contributed by atoms with Crippen molar-refractivity contribution in [2.75, 3.05) is 5.43 Å². The molecule has 1 aliphatic rings. The number of hydrogen-bond acceptors (Lipinski definition) is 4. The normalized spacial score (nSPS) is 15.4. The quantitative estimate of drug-likeness (QED) is 0.870. The molecule has 0 saturated heterocycles. The zero-order valence-corrected chi connectivity index (χ0v) is 11.1. The number of nitrogens with one attached hydrogen (secondary N) is 1. The van der Waals surface area contributed by atoms with Crippen molar-refractivity contribution in [3.8, 4) is 0 Å². The number of thioether (sulfide) groups is 1. The number of fused-ring (bicyclic) bond motifs is 1. The number of benzene rings is 1. The Labute approximate surface area is 113 Å². The first-order valence-electron chi connectivity index (χ1n) is 5.83. The topological polar surface area (TPSA) is 70.4 Å². The summed E-state index contributed by atoms with van der Waals surface area (Å²) in [5.74, 6) is 0.528. The minimum absolute atomic E-state index is 0.0296. The Bertz CT molecular complexity index is 632. The highest BCUT2D eigenvalue weighted by Gasteiger charge is 2.21. The third-order valence-corrected chi connectivity index (χ3v) is 3.60. The van der Waals surface area contributed by atoms with Gasteiger partial charge in [0.1, 0.15) is 11.9 Å². The van der Waals surface area contributed by atoms with Gasteiger partial charge in [0.05, 0.1) is 5.70 Å². The lowest BCUT2D eigenvalue weighted by atomic mass is 10.2. The van der Waals surface area contributed by atoms with Gasteiger partial charge in [0.15, 0.2) is 0 Å². The fourth-order valence-corrected chi connectivity index (χ4v) is 2.55. The predicted molar refractivity (Wildman–Crippen MR) is 70.9 cm³/mol. The van der Waals surface area contributed by atoms with Crippen LogP contribution in [0.25, 0.3) is 5.70 Å². The molecule has 3 rings (SSSR count). The molecule has 0 unspecified atom stereocenters. The Hall–Kier alpha value is -1.86. The van der Waals surface area contributed by atoms with Gasteiger partial charge in [-0.25, -0.2) is 9.07 Å². The summed E-state index contributed by atoms with van der Waals surface area (Å²) in [7, 11) is 0. The van der Waals surface area contributed by atoms with Gasteiger partial charge in [-0.3, -0.25) is 5.43 Å². The maximum absolute atomic E-state index is 12.9. The second-order valence-electron chi connectivity index (χ2n) is 4.35. The minimum atomic E-state index is -0.245. The highest BCUT2D eigenvalue weighted by atomic mass is 32.2. The van der Waals surface area contributed by atoms with Gasteiger partial charge >= 0.3 is 0 Å². The molecule has 0 saturated carbocycles. The van der Waals surface area contributed by atoms with Gasteiger partial charge in [0.2, 0.25) is 11.0 Å². The number of nitrogens with zero attached hydrogens (tertiary/aromatic N) is 3. The van der Waals surface area contributed by atoms with Crippen molar-refractivity contribution < 1.29 is 10.1 Å². The first-order valence-corrected chi connectivity index (χ1v) is 6.71. The molecule has 1 aromatic heterocycles. The minimum Gasteiger partial charge on any atom is -0.349 e. The molecule has 2 heterocycles. The number of halogens is 1.